The molecule has 0 saturated carbocycles. The first-order chi connectivity index (χ1) is 15.0. The lowest BCUT2D eigenvalue weighted by Crippen LogP contribution is -2.44. The van der Waals surface area contributed by atoms with Gasteiger partial charge in [-0.3, -0.25) is 18.7 Å². The lowest BCUT2D eigenvalue weighted by molar-refractivity contribution is -0.123. The van der Waals surface area contributed by atoms with Crippen LogP contribution in [0.2, 0.25) is 0 Å². The SMILES string of the molecule is CC(C(=O)NCCCCCCN)n1c(=O)n(Cc2ccccc2)c(=O)c2ccccc21. The van der Waals surface area contributed by atoms with Gasteiger partial charge in [-0.1, -0.05) is 55.3 Å². The maximum Gasteiger partial charge on any atom is 0.332 e. The zero-order valence-electron chi connectivity index (χ0n) is 17.9. The summed E-state index contributed by atoms with van der Waals surface area (Å²) >= 11 is 0. The number of rotatable bonds is 10. The van der Waals surface area contributed by atoms with Gasteiger partial charge in [0, 0.05) is 6.54 Å². The van der Waals surface area contributed by atoms with Gasteiger partial charge in [-0.05, 0) is 44.0 Å². The van der Waals surface area contributed by atoms with E-state index in [1.54, 1.807) is 31.2 Å². The second-order valence-corrected chi connectivity index (χ2v) is 7.72. The number of unbranched alkanes of at least 4 members (excludes halogenated alkanes) is 3. The van der Waals surface area contributed by atoms with E-state index >= 15 is 0 Å². The molecule has 31 heavy (non-hydrogen) atoms. The summed E-state index contributed by atoms with van der Waals surface area (Å²) in [5.41, 5.74) is 5.97. The molecule has 3 rings (SSSR count). The molecule has 164 valence electrons. The molecule has 1 unspecified atom stereocenters. The van der Waals surface area contributed by atoms with Crippen LogP contribution in [0, 0.1) is 0 Å². The summed E-state index contributed by atoms with van der Waals surface area (Å²) in [5, 5.41) is 3.33. The van der Waals surface area contributed by atoms with Crippen LogP contribution in [0.4, 0.5) is 0 Å². The topological polar surface area (TPSA) is 99.1 Å². The fourth-order valence-corrected chi connectivity index (χ4v) is 3.71. The molecule has 0 bridgehead atoms. The second kappa shape index (κ2) is 10.7. The molecular weight excluding hydrogens is 392 g/mol. The van der Waals surface area contributed by atoms with E-state index in [-0.39, 0.29) is 18.0 Å². The number of carbonyl (C=O) groups excluding carboxylic acids is 1. The number of nitrogens with two attached hydrogens (primary N) is 1. The van der Waals surface area contributed by atoms with Crippen LogP contribution in [-0.4, -0.2) is 28.1 Å². The zero-order chi connectivity index (χ0) is 22.2. The molecule has 1 atom stereocenters. The first-order valence-electron chi connectivity index (χ1n) is 10.8. The minimum Gasteiger partial charge on any atom is -0.354 e. The van der Waals surface area contributed by atoms with Gasteiger partial charge in [0.2, 0.25) is 5.91 Å². The molecule has 0 fully saturated rings. The molecule has 0 radical (unpaired) electrons. The second-order valence-electron chi connectivity index (χ2n) is 7.72. The minimum absolute atomic E-state index is 0.152. The molecule has 3 aromatic rings. The van der Waals surface area contributed by atoms with Crippen molar-refractivity contribution in [2.75, 3.05) is 13.1 Å². The highest BCUT2D eigenvalue weighted by molar-refractivity contribution is 5.84. The van der Waals surface area contributed by atoms with Crippen LogP contribution in [0.5, 0.6) is 0 Å². The highest BCUT2D eigenvalue weighted by Gasteiger charge is 2.21. The van der Waals surface area contributed by atoms with E-state index in [0.717, 1.165) is 31.2 Å². The Morgan fingerprint density at radius 3 is 2.39 bits per heavy atom. The van der Waals surface area contributed by atoms with E-state index < -0.39 is 11.7 Å². The van der Waals surface area contributed by atoms with Crippen molar-refractivity contribution in [2.24, 2.45) is 5.73 Å². The number of nitrogens with one attached hydrogen (secondary N) is 1. The average molecular weight is 423 g/mol. The van der Waals surface area contributed by atoms with E-state index in [2.05, 4.69) is 5.32 Å². The van der Waals surface area contributed by atoms with E-state index in [1.165, 1.54) is 9.13 Å². The Morgan fingerprint density at radius 2 is 1.65 bits per heavy atom. The maximum absolute atomic E-state index is 13.3. The summed E-state index contributed by atoms with van der Waals surface area (Å²) in [5.74, 6) is -0.240. The van der Waals surface area contributed by atoms with Gasteiger partial charge in [0.25, 0.3) is 5.56 Å². The van der Waals surface area contributed by atoms with E-state index in [4.69, 9.17) is 5.73 Å². The quantitative estimate of drug-likeness (QED) is 0.490. The number of aromatic nitrogens is 2. The van der Waals surface area contributed by atoms with Crippen LogP contribution < -0.4 is 22.3 Å². The molecule has 7 heteroatoms. The van der Waals surface area contributed by atoms with Gasteiger partial charge < -0.3 is 11.1 Å². The number of fused-ring (bicyclic) bond motifs is 1. The first kappa shape index (κ1) is 22.5. The van der Waals surface area contributed by atoms with Gasteiger partial charge >= 0.3 is 5.69 Å². The zero-order valence-corrected chi connectivity index (χ0v) is 17.9. The summed E-state index contributed by atoms with van der Waals surface area (Å²) in [6, 6.07) is 15.5. The van der Waals surface area contributed by atoms with E-state index in [9.17, 15) is 14.4 Å². The summed E-state index contributed by atoms with van der Waals surface area (Å²) in [7, 11) is 0. The average Bonchev–Trinajstić information content (AvgIpc) is 2.79. The number of benzene rings is 2. The summed E-state index contributed by atoms with van der Waals surface area (Å²) in [4.78, 5) is 39.2. The van der Waals surface area contributed by atoms with E-state index in [0.29, 0.717) is 24.0 Å². The summed E-state index contributed by atoms with van der Waals surface area (Å²) < 4.78 is 2.62. The van der Waals surface area contributed by atoms with Gasteiger partial charge in [-0.15, -0.1) is 0 Å². The Hall–Kier alpha value is -3.19. The standard InChI is InChI=1S/C24H30N4O3/c1-18(22(29)26-16-10-3-2-9-15-25)28-21-14-8-7-13-20(21)23(30)27(24(28)31)17-19-11-5-4-6-12-19/h4-8,11-14,18H,2-3,9-10,15-17,25H2,1H3,(H,26,29). The Labute approximate surface area is 181 Å². The Bertz CT molecular complexity index is 1140. The predicted octanol–water partition coefficient (Wildman–Crippen LogP) is 2.41. The van der Waals surface area contributed by atoms with Gasteiger partial charge in [0.1, 0.15) is 6.04 Å². The number of nitrogens with zero attached hydrogens (tertiary/aromatic N) is 2. The van der Waals surface area contributed by atoms with Crippen LogP contribution >= 0.6 is 0 Å². The van der Waals surface area contributed by atoms with Crippen molar-refractivity contribution in [2.45, 2.75) is 45.2 Å². The van der Waals surface area contributed by atoms with Gasteiger partial charge in [-0.2, -0.15) is 0 Å². The number of para-hydroxylation sites is 1. The largest absolute Gasteiger partial charge is 0.354 e. The molecule has 1 amide bonds. The smallest absolute Gasteiger partial charge is 0.332 e. The molecule has 0 saturated heterocycles. The number of amides is 1. The number of hydrogen-bond donors (Lipinski definition) is 2. The normalized spacial score (nSPS) is 12.1. The number of hydrogen-bond acceptors (Lipinski definition) is 4. The van der Waals surface area contributed by atoms with Crippen LogP contribution in [0.1, 0.15) is 44.2 Å². The predicted molar refractivity (Wildman–Crippen MR) is 123 cm³/mol. The van der Waals surface area contributed by atoms with Gasteiger partial charge in [-0.25, -0.2) is 4.79 Å². The van der Waals surface area contributed by atoms with Gasteiger partial charge in [0.05, 0.1) is 17.4 Å². The third-order valence-corrected chi connectivity index (χ3v) is 5.46. The number of carbonyl (C=O) groups is 1. The van der Waals surface area contributed by atoms with Crippen molar-refractivity contribution in [3.63, 3.8) is 0 Å². The summed E-state index contributed by atoms with van der Waals surface area (Å²) in [6.07, 6.45) is 3.88. The van der Waals surface area contributed by atoms with Crippen LogP contribution in [-0.2, 0) is 11.3 Å². The molecule has 0 spiro atoms. The Kier molecular flexibility index (Phi) is 7.78. The van der Waals surface area contributed by atoms with Crippen LogP contribution in [0.25, 0.3) is 10.9 Å². The van der Waals surface area contributed by atoms with Crippen LogP contribution in [0.15, 0.2) is 64.2 Å². The Balaban J connectivity index is 1.91. The lowest BCUT2D eigenvalue weighted by atomic mass is 10.2. The van der Waals surface area contributed by atoms with Crippen molar-refractivity contribution < 1.29 is 4.79 Å². The molecule has 0 aliphatic rings. The molecule has 2 aromatic carbocycles. The first-order valence-corrected chi connectivity index (χ1v) is 10.8. The third-order valence-electron chi connectivity index (χ3n) is 5.46. The van der Waals surface area contributed by atoms with E-state index in [1.807, 2.05) is 30.3 Å². The van der Waals surface area contributed by atoms with Crippen molar-refractivity contribution in [1.29, 1.82) is 0 Å². The summed E-state index contributed by atoms with van der Waals surface area (Å²) in [6.45, 7) is 3.07. The van der Waals surface area contributed by atoms with Crippen LogP contribution in [0.3, 0.4) is 0 Å². The van der Waals surface area contributed by atoms with Gasteiger partial charge in [0.15, 0.2) is 0 Å². The molecule has 7 nitrogen and oxygen atoms in total. The van der Waals surface area contributed by atoms with Crippen molar-refractivity contribution in [1.82, 2.24) is 14.5 Å². The third kappa shape index (κ3) is 5.30. The lowest BCUT2D eigenvalue weighted by Gasteiger charge is -2.19. The maximum atomic E-state index is 13.3. The molecular formula is C24H30N4O3. The fourth-order valence-electron chi connectivity index (χ4n) is 3.71. The minimum atomic E-state index is -0.746. The molecule has 1 aromatic heterocycles. The van der Waals surface area contributed by atoms with Crippen molar-refractivity contribution >= 4 is 16.8 Å². The molecule has 3 N–H and O–H groups in total. The highest BCUT2D eigenvalue weighted by Crippen LogP contribution is 2.14. The van der Waals surface area contributed by atoms with Crippen molar-refractivity contribution in [3.05, 3.63) is 81.0 Å². The van der Waals surface area contributed by atoms with Crippen molar-refractivity contribution in [3.8, 4) is 0 Å². The monoisotopic (exact) mass is 422 g/mol. The molecule has 0 aliphatic heterocycles. The highest BCUT2D eigenvalue weighted by atomic mass is 16.2. The fraction of sp³-hybridized carbons (Fsp3) is 0.375. The molecule has 0 aliphatic carbocycles. The molecule has 1 heterocycles. The Morgan fingerprint density at radius 1 is 0.968 bits per heavy atom.